The largest absolute Gasteiger partial charge is 0.490 e. The lowest BCUT2D eigenvalue weighted by atomic mass is 10.1. The van der Waals surface area contributed by atoms with Gasteiger partial charge in [-0.1, -0.05) is 114 Å². The molecule has 1 nitrogen and oxygen atoms in total. The van der Waals surface area contributed by atoms with E-state index in [4.69, 9.17) is 4.74 Å². The summed E-state index contributed by atoms with van der Waals surface area (Å²) in [5.41, 5.74) is 4.66. The number of benzene rings is 2. The average molecular weight is 435 g/mol. The Morgan fingerprint density at radius 3 is 2.30 bits per heavy atom. The van der Waals surface area contributed by atoms with E-state index in [-0.39, 0.29) is 5.04 Å². The van der Waals surface area contributed by atoms with E-state index in [0.717, 1.165) is 5.75 Å². The topological polar surface area (TPSA) is 9.23 Å². The van der Waals surface area contributed by atoms with Crippen molar-refractivity contribution in [3.63, 3.8) is 0 Å². The van der Waals surface area contributed by atoms with Gasteiger partial charge in [-0.25, -0.2) is 0 Å². The van der Waals surface area contributed by atoms with E-state index in [1.165, 1.54) is 27.1 Å². The van der Waals surface area contributed by atoms with Crippen LogP contribution >= 0.6 is 0 Å². The van der Waals surface area contributed by atoms with Gasteiger partial charge in [-0.15, -0.1) is 0 Å². The lowest BCUT2D eigenvalue weighted by molar-refractivity contribution is 0.368. The number of aryl methyl sites for hydroxylation is 1. The van der Waals surface area contributed by atoms with Gasteiger partial charge in [0.05, 0.1) is 16.1 Å². The number of ether oxygens (including phenoxy) is 1. The van der Waals surface area contributed by atoms with Crippen molar-refractivity contribution >= 4 is 32.6 Å². The van der Waals surface area contributed by atoms with Crippen LogP contribution < -0.4 is 15.1 Å². The number of rotatable bonds is 6. The molecule has 1 atom stereocenters. The first-order chi connectivity index (χ1) is 13.9. The SMILES string of the molecule is C=CCOc1c([Si](C)(C)C2C=Cc3ccccc32)cc(C)cc1[Si](C)(C)C(C)(C)C. The van der Waals surface area contributed by atoms with E-state index in [1.54, 1.807) is 0 Å². The molecule has 0 N–H and O–H groups in total. The van der Waals surface area contributed by atoms with Crippen LogP contribution in [0.15, 0.2) is 55.1 Å². The van der Waals surface area contributed by atoms with Crippen LogP contribution in [0.25, 0.3) is 6.08 Å². The van der Waals surface area contributed by atoms with Crippen molar-refractivity contribution in [3.05, 3.63) is 71.8 Å². The van der Waals surface area contributed by atoms with Gasteiger partial charge in [0.1, 0.15) is 12.4 Å². The van der Waals surface area contributed by atoms with Gasteiger partial charge in [0.2, 0.25) is 0 Å². The van der Waals surface area contributed by atoms with Gasteiger partial charge >= 0.3 is 0 Å². The summed E-state index contributed by atoms with van der Waals surface area (Å²) in [5.74, 6) is 1.15. The summed E-state index contributed by atoms with van der Waals surface area (Å²) >= 11 is 0. The van der Waals surface area contributed by atoms with Crippen molar-refractivity contribution in [3.8, 4) is 5.75 Å². The van der Waals surface area contributed by atoms with Crippen molar-refractivity contribution < 1.29 is 4.74 Å². The number of fused-ring (bicyclic) bond motifs is 1. The predicted molar refractivity (Wildman–Crippen MR) is 139 cm³/mol. The van der Waals surface area contributed by atoms with Gasteiger partial charge in [0.25, 0.3) is 0 Å². The molecule has 3 heteroatoms. The van der Waals surface area contributed by atoms with Crippen LogP contribution in [0.2, 0.25) is 31.2 Å². The maximum absolute atomic E-state index is 6.52. The fourth-order valence-corrected chi connectivity index (χ4v) is 10.1. The highest BCUT2D eigenvalue weighted by molar-refractivity contribution is 6.95. The number of hydrogen-bond donors (Lipinski definition) is 0. The summed E-state index contributed by atoms with van der Waals surface area (Å²) in [4.78, 5) is 0. The molecule has 30 heavy (non-hydrogen) atoms. The fourth-order valence-electron chi connectivity index (χ4n) is 4.46. The molecule has 0 heterocycles. The molecule has 0 radical (unpaired) electrons. The van der Waals surface area contributed by atoms with Gasteiger partial charge < -0.3 is 4.74 Å². The lowest BCUT2D eigenvalue weighted by Gasteiger charge is -2.40. The van der Waals surface area contributed by atoms with Crippen LogP contribution in [0, 0.1) is 6.92 Å². The molecule has 160 valence electrons. The van der Waals surface area contributed by atoms with E-state index in [0.29, 0.717) is 12.1 Å². The highest BCUT2D eigenvalue weighted by Crippen LogP contribution is 2.40. The van der Waals surface area contributed by atoms with Gasteiger partial charge in [-0.3, -0.25) is 0 Å². The highest BCUT2D eigenvalue weighted by atomic mass is 28.3. The normalized spacial score (nSPS) is 16.5. The Morgan fingerprint density at radius 1 is 1.03 bits per heavy atom. The first-order valence-electron chi connectivity index (χ1n) is 11.1. The average Bonchev–Trinajstić information content (AvgIpc) is 3.10. The Kier molecular flexibility index (Phi) is 6.10. The molecule has 0 spiro atoms. The van der Waals surface area contributed by atoms with Crippen LogP contribution in [-0.2, 0) is 0 Å². The molecule has 2 aromatic carbocycles. The monoisotopic (exact) mass is 434 g/mol. The summed E-state index contributed by atoms with van der Waals surface area (Å²) in [7, 11) is -3.70. The lowest BCUT2D eigenvalue weighted by Crippen LogP contribution is -2.55. The minimum Gasteiger partial charge on any atom is -0.490 e. The van der Waals surface area contributed by atoms with Crippen molar-refractivity contribution in [2.24, 2.45) is 0 Å². The van der Waals surface area contributed by atoms with Crippen LogP contribution in [0.5, 0.6) is 5.75 Å². The van der Waals surface area contributed by atoms with Crippen LogP contribution in [0.4, 0.5) is 0 Å². The predicted octanol–water partition coefficient (Wildman–Crippen LogP) is 6.54. The summed E-state index contributed by atoms with van der Waals surface area (Å²) in [6, 6.07) is 13.7. The number of allylic oxidation sites excluding steroid dienone is 1. The molecule has 3 rings (SSSR count). The third-order valence-corrected chi connectivity index (χ3v) is 16.7. The summed E-state index contributed by atoms with van der Waals surface area (Å²) in [6.07, 6.45) is 6.62. The van der Waals surface area contributed by atoms with Gasteiger partial charge in [-0.2, -0.15) is 0 Å². The molecule has 0 saturated heterocycles. The van der Waals surface area contributed by atoms with Gasteiger partial charge in [0.15, 0.2) is 0 Å². The molecule has 1 unspecified atom stereocenters. The Balaban J connectivity index is 2.24. The second-order valence-electron chi connectivity index (χ2n) is 10.9. The maximum Gasteiger partial charge on any atom is 0.118 e. The zero-order valence-electron chi connectivity index (χ0n) is 20.1. The molecule has 0 aromatic heterocycles. The van der Waals surface area contributed by atoms with Crippen LogP contribution in [0.1, 0.15) is 43.0 Å². The molecule has 0 bridgehead atoms. The molecular weight excluding hydrogens is 396 g/mol. The second kappa shape index (κ2) is 8.01. The third-order valence-electron chi connectivity index (χ3n) is 7.40. The Bertz CT molecular complexity index is 977. The number of hydrogen-bond acceptors (Lipinski definition) is 1. The zero-order valence-corrected chi connectivity index (χ0v) is 22.1. The van der Waals surface area contributed by atoms with Crippen molar-refractivity contribution in [2.75, 3.05) is 6.61 Å². The van der Waals surface area contributed by atoms with Crippen molar-refractivity contribution in [1.29, 1.82) is 0 Å². The molecular formula is C27H38OSi2. The van der Waals surface area contributed by atoms with E-state index in [2.05, 4.69) is 109 Å². The van der Waals surface area contributed by atoms with Crippen molar-refractivity contribution in [1.82, 2.24) is 0 Å². The molecule has 1 aliphatic carbocycles. The standard InChI is InChI=1S/C27H38OSi2/c1-10-17-28-26-24(18-20(2)19-25(26)30(8,9)27(3,4)5)29(6,7)23-16-15-21-13-11-12-14-22(21)23/h10-16,18-19,23H,1,17H2,2-9H3. The van der Waals surface area contributed by atoms with E-state index in [9.17, 15) is 0 Å². The fraction of sp³-hybridized carbons (Fsp3) is 0.407. The Morgan fingerprint density at radius 2 is 1.67 bits per heavy atom. The van der Waals surface area contributed by atoms with E-state index >= 15 is 0 Å². The third kappa shape index (κ3) is 3.90. The van der Waals surface area contributed by atoms with E-state index < -0.39 is 16.1 Å². The summed E-state index contributed by atoms with van der Waals surface area (Å²) in [6.45, 7) is 23.9. The second-order valence-corrected chi connectivity index (χ2v) is 20.7. The Hall–Kier alpha value is -1.85. The molecule has 1 aliphatic rings. The minimum absolute atomic E-state index is 0.246. The quantitative estimate of drug-likeness (QED) is 0.370. The summed E-state index contributed by atoms with van der Waals surface area (Å²) in [5, 5.41) is 3.16. The van der Waals surface area contributed by atoms with Gasteiger partial charge in [-0.05, 0) is 33.5 Å². The molecule has 0 amide bonds. The maximum atomic E-state index is 6.52. The summed E-state index contributed by atoms with van der Waals surface area (Å²) < 4.78 is 6.52. The highest BCUT2D eigenvalue weighted by Gasteiger charge is 2.43. The molecule has 0 fully saturated rings. The minimum atomic E-state index is -1.92. The first-order valence-corrected chi connectivity index (χ1v) is 17.2. The Labute approximate surface area is 185 Å². The first kappa shape index (κ1) is 22.8. The molecule has 0 aliphatic heterocycles. The smallest absolute Gasteiger partial charge is 0.118 e. The van der Waals surface area contributed by atoms with Crippen LogP contribution in [-0.4, -0.2) is 22.8 Å². The van der Waals surface area contributed by atoms with E-state index in [1.807, 2.05) is 6.08 Å². The van der Waals surface area contributed by atoms with Crippen LogP contribution in [0.3, 0.4) is 0 Å². The zero-order chi connectivity index (χ0) is 22.3. The van der Waals surface area contributed by atoms with Crippen molar-refractivity contribution in [2.45, 2.75) is 64.5 Å². The molecule has 2 aromatic rings. The van der Waals surface area contributed by atoms with Gasteiger partial charge in [0, 0.05) is 5.54 Å². The molecule has 0 saturated carbocycles.